The van der Waals surface area contributed by atoms with Crippen LogP contribution in [-0.2, 0) is 14.3 Å². The molecule has 6 heteroatoms. The Balaban J connectivity index is 2.09. The zero-order valence-corrected chi connectivity index (χ0v) is 18.7. The topological polar surface area (TPSA) is 104 Å². The van der Waals surface area contributed by atoms with Crippen molar-refractivity contribution < 1.29 is 29.6 Å². The minimum Gasteiger partial charge on any atom is -0.481 e. The summed E-state index contributed by atoms with van der Waals surface area (Å²) in [7, 11) is 0. The SMILES string of the molecule is CC[C@@H](C)C(=O)O[C@H]1C[C@@H](C)C=C2C=C[C@H](C)[C@H](CC[C@@H](O)C[C@@H](O)CC(=O)O)[C@H]21. The van der Waals surface area contributed by atoms with Gasteiger partial charge in [-0.2, -0.15) is 0 Å². The van der Waals surface area contributed by atoms with E-state index in [4.69, 9.17) is 9.84 Å². The first-order valence-corrected chi connectivity index (χ1v) is 11.3. The van der Waals surface area contributed by atoms with Gasteiger partial charge in [-0.25, -0.2) is 0 Å². The summed E-state index contributed by atoms with van der Waals surface area (Å²) in [5, 5.41) is 28.9. The summed E-state index contributed by atoms with van der Waals surface area (Å²) in [6, 6.07) is 0. The van der Waals surface area contributed by atoms with Crippen molar-refractivity contribution >= 4 is 11.9 Å². The predicted octanol–water partition coefficient (Wildman–Crippen LogP) is 3.72. The largest absolute Gasteiger partial charge is 0.481 e. The maximum atomic E-state index is 12.5. The molecule has 0 heterocycles. The first-order valence-electron chi connectivity index (χ1n) is 11.3. The number of ether oxygens (including phenoxy) is 1. The zero-order chi connectivity index (χ0) is 22.4. The molecule has 0 aliphatic heterocycles. The number of carbonyl (C=O) groups excluding carboxylic acids is 1. The minimum atomic E-state index is -1.07. The standard InChI is InChI=1S/C24H38O6/c1-5-15(3)24(29)30-21-11-14(2)10-17-7-6-16(4)20(23(17)21)9-8-18(25)12-19(26)13-22(27)28/h6-7,10,14-16,18-21,23,25-26H,5,8-9,11-13H2,1-4H3,(H,27,28)/t14-,15+,16-,18+,19+,20-,21-,23-/m0/s1. The van der Waals surface area contributed by atoms with E-state index in [9.17, 15) is 19.8 Å². The lowest BCUT2D eigenvalue weighted by Crippen LogP contribution is -2.41. The molecule has 6 nitrogen and oxygen atoms in total. The van der Waals surface area contributed by atoms with Gasteiger partial charge in [-0.15, -0.1) is 0 Å². The third-order valence-electron chi connectivity index (χ3n) is 6.67. The van der Waals surface area contributed by atoms with Gasteiger partial charge in [-0.3, -0.25) is 9.59 Å². The van der Waals surface area contributed by atoms with Crippen LogP contribution in [0.25, 0.3) is 0 Å². The van der Waals surface area contributed by atoms with Gasteiger partial charge in [0, 0.05) is 5.92 Å². The molecule has 2 aliphatic carbocycles. The van der Waals surface area contributed by atoms with Crippen LogP contribution in [0.4, 0.5) is 0 Å². The summed E-state index contributed by atoms with van der Waals surface area (Å²) < 4.78 is 6.00. The lowest BCUT2D eigenvalue weighted by Gasteiger charge is -2.43. The average molecular weight is 423 g/mol. The summed E-state index contributed by atoms with van der Waals surface area (Å²) in [5.41, 5.74) is 1.21. The Kier molecular flexibility index (Phi) is 9.10. The maximum absolute atomic E-state index is 12.5. The highest BCUT2D eigenvalue weighted by Gasteiger charge is 2.41. The smallest absolute Gasteiger partial charge is 0.308 e. The number of rotatable bonds is 10. The molecule has 0 aromatic carbocycles. The Morgan fingerprint density at radius 3 is 2.57 bits per heavy atom. The monoisotopic (exact) mass is 422 g/mol. The van der Waals surface area contributed by atoms with Crippen LogP contribution in [0.3, 0.4) is 0 Å². The summed E-state index contributed by atoms with van der Waals surface area (Å²) in [4.78, 5) is 23.2. The number of hydrogen-bond donors (Lipinski definition) is 3. The first-order chi connectivity index (χ1) is 14.1. The predicted molar refractivity (Wildman–Crippen MR) is 115 cm³/mol. The Bertz CT molecular complexity index is 654. The van der Waals surface area contributed by atoms with Crippen LogP contribution >= 0.6 is 0 Å². The third-order valence-corrected chi connectivity index (χ3v) is 6.67. The summed E-state index contributed by atoms with van der Waals surface area (Å²) in [5.74, 6) is -0.406. The van der Waals surface area contributed by atoms with Crippen LogP contribution in [0.15, 0.2) is 23.8 Å². The normalized spacial score (nSPS) is 31.3. The highest BCUT2D eigenvalue weighted by atomic mass is 16.5. The molecule has 0 aromatic rings. The van der Waals surface area contributed by atoms with Gasteiger partial charge in [-0.1, -0.05) is 45.9 Å². The molecule has 8 atom stereocenters. The fourth-order valence-electron chi connectivity index (χ4n) is 4.76. The Morgan fingerprint density at radius 2 is 1.93 bits per heavy atom. The molecule has 0 amide bonds. The molecular formula is C24H38O6. The molecule has 170 valence electrons. The van der Waals surface area contributed by atoms with Crippen LogP contribution in [0, 0.1) is 29.6 Å². The molecule has 0 aromatic heterocycles. The molecule has 3 N–H and O–H groups in total. The second kappa shape index (κ2) is 11.1. The summed E-state index contributed by atoms with van der Waals surface area (Å²) in [6.07, 6.45) is 7.07. The second-order valence-electron chi connectivity index (χ2n) is 9.29. The first kappa shape index (κ1) is 24.6. The fraction of sp³-hybridized carbons (Fsp3) is 0.750. The number of hydrogen-bond acceptors (Lipinski definition) is 5. The molecule has 2 aliphatic rings. The molecule has 0 saturated carbocycles. The Hall–Kier alpha value is -1.66. The lowest BCUT2D eigenvalue weighted by atomic mass is 9.65. The van der Waals surface area contributed by atoms with Crippen molar-refractivity contribution in [2.75, 3.05) is 0 Å². The highest BCUT2D eigenvalue weighted by molar-refractivity contribution is 5.72. The number of aliphatic carboxylic acids is 1. The minimum absolute atomic E-state index is 0.0556. The van der Waals surface area contributed by atoms with Crippen LogP contribution in [0.5, 0.6) is 0 Å². The van der Waals surface area contributed by atoms with Crippen molar-refractivity contribution in [3.63, 3.8) is 0 Å². The van der Waals surface area contributed by atoms with Crippen molar-refractivity contribution in [2.24, 2.45) is 29.6 Å². The molecule has 0 saturated heterocycles. The van der Waals surface area contributed by atoms with Crippen molar-refractivity contribution in [1.29, 1.82) is 0 Å². The van der Waals surface area contributed by atoms with E-state index in [1.54, 1.807) is 0 Å². The summed E-state index contributed by atoms with van der Waals surface area (Å²) in [6.45, 7) is 8.16. The lowest BCUT2D eigenvalue weighted by molar-refractivity contribution is -0.158. The van der Waals surface area contributed by atoms with E-state index >= 15 is 0 Å². The molecule has 0 unspecified atom stereocenters. The van der Waals surface area contributed by atoms with Crippen molar-refractivity contribution in [3.05, 3.63) is 23.8 Å². The number of fused-ring (bicyclic) bond motifs is 1. The average Bonchev–Trinajstić information content (AvgIpc) is 2.65. The van der Waals surface area contributed by atoms with Gasteiger partial charge in [0.1, 0.15) is 6.10 Å². The van der Waals surface area contributed by atoms with Crippen LogP contribution in [0.1, 0.15) is 66.2 Å². The number of carboxylic acids is 1. The van der Waals surface area contributed by atoms with Crippen molar-refractivity contribution in [3.8, 4) is 0 Å². The molecule has 0 radical (unpaired) electrons. The third kappa shape index (κ3) is 6.67. The van der Waals surface area contributed by atoms with E-state index in [-0.39, 0.29) is 48.6 Å². The zero-order valence-electron chi connectivity index (χ0n) is 18.7. The molecule has 30 heavy (non-hydrogen) atoms. The van der Waals surface area contributed by atoms with Crippen LogP contribution < -0.4 is 0 Å². The van der Waals surface area contributed by atoms with E-state index in [0.717, 1.165) is 19.3 Å². The van der Waals surface area contributed by atoms with Crippen LogP contribution in [-0.4, -0.2) is 45.6 Å². The second-order valence-corrected chi connectivity index (χ2v) is 9.29. The molecule has 0 spiro atoms. The van der Waals surface area contributed by atoms with Gasteiger partial charge in [-0.05, 0) is 55.4 Å². The quantitative estimate of drug-likeness (QED) is 0.464. The number of aliphatic hydroxyl groups excluding tert-OH is 2. The summed E-state index contributed by atoms with van der Waals surface area (Å²) >= 11 is 0. The van der Waals surface area contributed by atoms with E-state index in [2.05, 4.69) is 32.1 Å². The van der Waals surface area contributed by atoms with Crippen molar-refractivity contribution in [2.45, 2.75) is 84.5 Å². The molecular weight excluding hydrogens is 384 g/mol. The van der Waals surface area contributed by atoms with Gasteiger partial charge in [0.25, 0.3) is 0 Å². The number of carbonyl (C=O) groups is 2. The van der Waals surface area contributed by atoms with Gasteiger partial charge >= 0.3 is 11.9 Å². The van der Waals surface area contributed by atoms with Gasteiger partial charge in [0.05, 0.1) is 24.5 Å². The highest BCUT2D eigenvalue weighted by Crippen LogP contribution is 2.45. The van der Waals surface area contributed by atoms with E-state index in [1.807, 2.05) is 13.8 Å². The molecule has 2 rings (SSSR count). The van der Waals surface area contributed by atoms with E-state index < -0.39 is 18.2 Å². The van der Waals surface area contributed by atoms with E-state index in [1.165, 1.54) is 5.57 Å². The maximum Gasteiger partial charge on any atom is 0.308 e. The van der Waals surface area contributed by atoms with Crippen molar-refractivity contribution in [1.82, 2.24) is 0 Å². The fourth-order valence-corrected chi connectivity index (χ4v) is 4.76. The Morgan fingerprint density at radius 1 is 1.23 bits per heavy atom. The van der Waals surface area contributed by atoms with Gasteiger partial charge in [0.15, 0.2) is 0 Å². The van der Waals surface area contributed by atoms with E-state index in [0.29, 0.717) is 12.3 Å². The number of allylic oxidation sites excluding steroid dienone is 3. The van der Waals surface area contributed by atoms with Gasteiger partial charge < -0.3 is 20.1 Å². The number of esters is 1. The number of aliphatic hydroxyl groups is 2. The molecule has 0 bridgehead atoms. The Labute approximate surface area is 180 Å². The van der Waals surface area contributed by atoms with Crippen LogP contribution in [0.2, 0.25) is 0 Å². The molecule has 0 fully saturated rings. The number of carboxylic acid groups (broad SMARTS) is 1. The van der Waals surface area contributed by atoms with Gasteiger partial charge in [0.2, 0.25) is 0 Å².